The number of benzene rings is 2. The normalized spacial score (nSPS) is 18.0. The molecule has 1 heteroatoms. The van der Waals surface area contributed by atoms with Crippen molar-refractivity contribution in [3.8, 4) is 0 Å². The first kappa shape index (κ1) is 14.3. The Morgan fingerprint density at radius 3 is 2.14 bits per heavy atom. The number of hydrogen-bond donors (Lipinski definition) is 1. The fraction of sp³-hybridized carbons (Fsp3) is 0.400. The molecule has 1 fully saturated rings. The van der Waals surface area contributed by atoms with Gasteiger partial charge in [0.1, 0.15) is 0 Å². The average Bonchev–Trinajstić information content (AvgIpc) is 2.52. The smallest absolute Gasteiger partial charge is 0.0415 e. The molecule has 1 aliphatic carbocycles. The van der Waals surface area contributed by atoms with Crippen molar-refractivity contribution in [2.45, 2.75) is 44.1 Å². The van der Waals surface area contributed by atoms with Crippen LogP contribution in [0, 0.1) is 0 Å². The molecule has 3 rings (SSSR count). The van der Waals surface area contributed by atoms with E-state index in [-0.39, 0.29) is 5.41 Å². The molecule has 110 valence electrons. The van der Waals surface area contributed by atoms with Gasteiger partial charge in [-0.05, 0) is 43.0 Å². The minimum atomic E-state index is 0.268. The second-order valence-corrected chi connectivity index (χ2v) is 6.19. The number of aryl methyl sites for hydroxylation is 1. The van der Waals surface area contributed by atoms with E-state index in [1.165, 1.54) is 36.0 Å². The van der Waals surface area contributed by atoms with Crippen LogP contribution in [0.1, 0.15) is 48.9 Å². The van der Waals surface area contributed by atoms with Gasteiger partial charge in [0.05, 0.1) is 0 Å². The maximum Gasteiger partial charge on any atom is 0.0415 e. The topological polar surface area (TPSA) is 12.0 Å². The molecule has 1 aliphatic rings. The van der Waals surface area contributed by atoms with Crippen LogP contribution >= 0.6 is 0 Å². The highest BCUT2D eigenvalue weighted by Gasteiger charge is 2.45. The van der Waals surface area contributed by atoms with Gasteiger partial charge in [-0.2, -0.15) is 0 Å². The van der Waals surface area contributed by atoms with Crippen molar-refractivity contribution in [2.24, 2.45) is 0 Å². The maximum atomic E-state index is 3.60. The minimum Gasteiger partial charge on any atom is -0.312 e. The Kier molecular flexibility index (Phi) is 4.12. The molecule has 1 atom stereocenters. The maximum absolute atomic E-state index is 3.60. The van der Waals surface area contributed by atoms with Gasteiger partial charge in [0, 0.05) is 11.5 Å². The molecule has 2 aromatic carbocycles. The summed E-state index contributed by atoms with van der Waals surface area (Å²) in [5.41, 5.74) is 4.58. The number of rotatable bonds is 5. The zero-order valence-electron chi connectivity index (χ0n) is 13.1. The van der Waals surface area contributed by atoms with Crippen LogP contribution in [0.4, 0.5) is 0 Å². The van der Waals surface area contributed by atoms with Gasteiger partial charge >= 0.3 is 0 Å². The van der Waals surface area contributed by atoms with Gasteiger partial charge in [0.15, 0.2) is 0 Å². The van der Waals surface area contributed by atoms with E-state index in [1.807, 2.05) is 0 Å². The Morgan fingerprint density at radius 2 is 1.67 bits per heavy atom. The lowest BCUT2D eigenvalue weighted by Gasteiger charge is -2.48. The van der Waals surface area contributed by atoms with E-state index in [0.717, 1.165) is 6.42 Å². The van der Waals surface area contributed by atoms with E-state index >= 15 is 0 Å². The van der Waals surface area contributed by atoms with Crippen molar-refractivity contribution >= 4 is 0 Å². The molecule has 0 saturated heterocycles. The standard InChI is InChI=1S/C20H25N/c1-3-16-10-12-17(13-11-16)19(21-2)20(14-7-15-20)18-8-5-4-6-9-18/h4-6,8-13,19,21H,3,7,14-15H2,1-2H3. The average molecular weight is 279 g/mol. The Morgan fingerprint density at radius 1 is 1.00 bits per heavy atom. The monoisotopic (exact) mass is 279 g/mol. The summed E-state index contributed by atoms with van der Waals surface area (Å²) in [5.74, 6) is 0. The third kappa shape index (κ3) is 2.51. The Bertz CT molecular complexity index is 567. The zero-order valence-corrected chi connectivity index (χ0v) is 13.1. The largest absolute Gasteiger partial charge is 0.312 e. The van der Waals surface area contributed by atoms with E-state index in [2.05, 4.69) is 73.9 Å². The summed E-state index contributed by atoms with van der Waals surface area (Å²) >= 11 is 0. The molecule has 1 nitrogen and oxygen atoms in total. The second-order valence-electron chi connectivity index (χ2n) is 6.19. The fourth-order valence-corrected chi connectivity index (χ4v) is 3.78. The van der Waals surface area contributed by atoms with E-state index in [9.17, 15) is 0 Å². The van der Waals surface area contributed by atoms with Gasteiger partial charge in [0.2, 0.25) is 0 Å². The summed E-state index contributed by atoms with van der Waals surface area (Å²) in [4.78, 5) is 0. The molecule has 0 spiro atoms. The van der Waals surface area contributed by atoms with Crippen LogP contribution in [-0.4, -0.2) is 7.05 Å². The predicted octanol–water partition coefficient (Wildman–Crippen LogP) is 4.63. The molecule has 0 amide bonds. The van der Waals surface area contributed by atoms with Crippen molar-refractivity contribution in [1.29, 1.82) is 0 Å². The molecule has 1 N–H and O–H groups in total. The van der Waals surface area contributed by atoms with Crippen molar-refractivity contribution in [1.82, 2.24) is 5.32 Å². The SMILES string of the molecule is CCc1ccc(C(NC)C2(c3ccccc3)CCC2)cc1. The highest BCUT2D eigenvalue weighted by Crippen LogP contribution is 2.51. The summed E-state index contributed by atoms with van der Waals surface area (Å²) in [6.07, 6.45) is 4.99. The van der Waals surface area contributed by atoms with Crippen LogP contribution in [0.25, 0.3) is 0 Å². The molecular weight excluding hydrogens is 254 g/mol. The van der Waals surface area contributed by atoms with E-state index in [0.29, 0.717) is 6.04 Å². The number of hydrogen-bond acceptors (Lipinski definition) is 1. The van der Waals surface area contributed by atoms with Crippen LogP contribution in [0.3, 0.4) is 0 Å². The van der Waals surface area contributed by atoms with Crippen LogP contribution in [0.5, 0.6) is 0 Å². The molecule has 21 heavy (non-hydrogen) atoms. The second kappa shape index (κ2) is 6.03. The first-order valence-electron chi connectivity index (χ1n) is 8.12. The lowest BCUT2D eigenvalue weighted by Crippen LogP contribution is -2.45. The molecule has 0 heterocycles. The zero-order chi connectivity index (χ0) is 14.7. The van der Waals surface area contributed by atoms with Gasteiger partial charge in [-0.1, -0.05) is 67.9 Å². The lowest BCUT2D eigenvalue weighted by atomic mass is 9.59. The van der Waals surface area contributed by atoms with Crippen molar-refractivity contribution in [3.05, 3.63) is 71.3 Å². The van der Waals surface area contributed by atoms with Gasteiger partial charge in [-0.15, -0.1) is 0 Å². The van der Waals surface area contributed by atoms with Crippen molar-refractivity contribution < 1.29 is 0 Å². The van der Waals surface area contributed by atoms with Crippen molar-refractivity contribution in [3.63, 3.8) is 0 Å². The van der Waals surface area contributed by atoms with Gasteiger partial charge in [0.25, 0.3) is 0 Å². The van der Waals surface area contributed by atoms with Gasteiger partial charge in [-0.3, -0.25) is 0 Å². The quantitative estimate of drug-likeness (QED) is 0.841. The van der Waals surface area contributed by atoms with Crippen LogP contribution in [0.2, 0.25) is 0 Å². The third-order valence-electron chi connectivity index (χ3n) is 5.16. The Hall–Kier alpha value is -1.60. The summed E-state index contributed by atoms with van der Waals surface area (Å²) in [5, 5.41) is 3.60. The lowest BCUT2D eigenvalue weighted by molar-refractivity contribution is 0.175. The number of likely N-dealkylation sites (N-methyl/N-ethyl adjacent to an activating group) is 1. The first-order valence-corrected chi connectivity index (χ1v) is 8.12. The Labute approximate surface area is 128 Å². The Balaban J connectivity index is 1.97. The van der Waals surface area contributed by atoms with Crippen molar-refractivity contribution in [2.75, 3.05) is 7.05 Å². The summed E-state index contributed by atoms with van der Waals surface area (Å²) < 4.78 is 0. The van der Waals surface area contributed by atoms with Crippen LogP contribution in [-0.2, 0) is 11.8 Å². The molecule has 1 saturated carbocycles. The summed E-state index contributed by atoms with van der Waals surface area (Å²) in [6.45, 7) is 2.21. The molecule has 1 unspecified atom stereocenters. The molecule has 0 radical (unpaired) electrons. The summed E-state index contributed by atoms with van der Waals surface area (Å²) in [7, 11) is 2.10. The van der Waals surface area contributed by atoms with Gasteiger partial charge < -0.3 is 5.32 Å². The van der Waals surface area contributed by atoms with E-state index in [4.69, 9.17) is 0 Å². The highest BCUT2D eigenvalue weighted by atomic mass is 14.9. The van der Waals surface area contributed by atoms with E-state index in [1.54, 1.807) is 0 Å². The van der Waals surface area contributed by atoms with Crippen LogP contribution < -0.4 is 5.32 Å². The molecule has 0 aromatic heterocycles. The molecular formula is C20H25N. The fourth-order valence-electron chi connectivity index (χ4n) is 3.78. The van der Waals surface area contributed by atoms with Gasteiger partial charge in [-0.25, -0.2) is 0 Å². The minimum absolute atomic E-state index is 0.268. The summed E-state index contributed by atoms with van der Waals surface area (Å²) in [6, 6.07) is 20.6. The predicted molar refractivity (Wildman–Crippen MR) is 89.6 cm³/mol. The molecule has 0 aliphatic heterocycles. The first-order chi connectivity index (χ1) is 10.3. The van der Waals surface area contributed by atoms with E-state index < -0.39 is 0 Å². The molecule has 0 bridgehead atoms. The number of nitrogens with one attached hydrogen (secondary N) is 1. The third-order valence-corrected chi connectivity index (χ3v) is 5.16. The highest BCUT2D eigenvalue weighted by molar-refractivity contribution is 5.36. The van der Waals surface area contributed by atoms with Crippen LogP contribution in [0.15, 0.2) is 54.6 Å². The molecule has 2 aromatic rings.